The van der Waals surface area contributed by atoms with E-state index in [-0.39, 0.29) is 5.41 Å². The molecule has 0 unspecified atom stereocenters. The van der Waals surface area contributed by atoms with Gasteiger partial charge in [-0.15, -0.1) is 0 Å². The zero-order valence-corrected chi connectivity index (χ0v) is 25.7. The van der Waals surface area contributed by atoms with Crippen molar-refractivity contribution in [1.82, 2.24) is 9.97 Å². The number of hydrogen-bond donors (Lipinski definition) is 0. The number of rotatable bonds is 4. The summed E-state index contributed by atoms with van der Waals surface area (Å²) in [4.78, 5) is 10.4. The molecule has 0 amide bonds. The lowest BCUT2D eigenvalue weighted by Crippen LogP contribution is -2.14. The van der Waals surface area contributed by atoms with Gasteiger partial charge < -0.3 is 4.42 Å². The summed E-state index contributed by atoms with van der Waals surface area (Å²) in [6.07, 6.45) is 0. The van der Waals surface area contributed by atoms with Gasteiger partial charge in [-0.25, -0.2) is 9.97 Å². The summed E-state index contributed by atoms with van der Waals surface area (Å²) in [5.74, 6) is 0.693. The van der Waals surface area contributed by atoms with Crippen molar-refractivity contribution in [2.24, 2.45) is 0 Å². The van der Waals surface area contributed by atoms with Gasteiger partial charge in [0.2, 0.25) is 0 Å². The molecule has 0 bridgehead atoms. The molecule has 8 aromatic rings. The number of aromatic nitrogens is 2. The molecule has 6 aromatic carbocycles. The molecule has 0 atom stereocenters. The molecule has 9 rings (SSSR count). The van der Waals surface area contributed by atoms with Crippen molar-refractivity contribution in [3.8, 4) is 56.2 Å². The van der Waals surface area contributed by atoms with Gasteiger partial charge in [-0.2, -0.15) is 0 Å². The average molecular weight is 591 g/mol. The molecular weight excluding hydrogens is 560 g/mol. The zero-order valence-electron chi connectivity index (χ0n) is 25.7. The lowest BCUT2D eigenvalue weighted by Gasteiger charge is -2.22. The zero-order chi connectivity index (χ0) is 30.8. The van der Waals surface area contributed by atoms with Crippen molar-refractivity contribution in [2.75, 3.05) is 0 Å². The molecule has 2 heterocycles. The number of para-hydroxylation sites is 1. The minimum absolute atomic E-state index is 0.107. The van der Waals surface area contributed by atoms with Gasteiger partial charge >= 0.3 is 0 Å². The van der Waals surface area contributed by atoms with Crippen LogP contribution in [0.1, 0.15) is 25.0 Å². The van der Waals surface area contributed by atoms with E-state index in [9.17, 15) is 0 Å². The fraction of sp³-hybridized carbons (Fsp3) is 0.0698. The molecule has 3 nitrogen and oxygen atoms in total. The second-order valence-corrected chi connectivity index (χ2v) is 12.6. The van der Waals surface area contributed by atoms with Gasteiger partial charge in [0.1, 0.15) is 11.2 Å². The molecule has 3 heteroatoms. The van der Waals surface area contributed by atoms with Crippen molar-refractivity contribution in [3.05, 3.63) is 157 Å². The van der Waals surface area contributed by atoms with Crippen LogP contribution >= 0.6 is 0 Å². The van der Waals surface area contributed by atoms with Crippen LogP contribution in [0.2, 0.25) is 0 Å². The highest BCUT2D eigenvalue weighted by atomic mass is 16.3. The van der Waals surface area contributed by atoms with Crippen LogP contribution in [0, 0.1) is 0 Å². The first-order valence-electron chi connectivity index (χ1n) is 15.8. The lowest BCUT2D eigenvalue weighted by molar-refractivity contribution is 0.660. The minimum Gasteiger partial charge on any atom is -0.456 e. The first-order valence-corrected chi connectivity index (χ1v) is 15.8. The highest BCUT2D eigenvalue weighted by molar-refractivity contribution is 6.15. The maximum atomic E-state index is 6.44. The van der Waals surface area contributed by atoms with Crippen LogP contribution in [-0.2, 0) is 5.41 Å². The maximum absolute atomic E-state index is 6.44. The predicted octanol–water partition coefficient (Wildman–Crippen LogP) is 11.4. The minimum atomic E-state index is -0.107. The summed E-state index contributed by atoms with van der Waals surface area (Å²) < 4.78 is 6.44. The molecule has 0 spiro atoms. The van der Waals surface area contributed by atoms with Crippen LogP contribution in [0.25, 0.3) is 78.1 Å². The molecule has 0 fully saturated rings. The number of furan rings is 1. The SMILES string of the molecule is CC1(C)c2ccccc2-c2ccc(-c3ccc4oc5ccccc5c4c3-c3cc(-c4ccccc4)nc(-c4ccccc4)n3)cc21. The van der Waals surface area contributed by atoms with E-state index < -0.39 is 0 Å². The Labute approximate surface area is 267 Å². The number of benzene rings is 6. The summed E-state index contributed by atoms with van der Waals surface area (Å²) in [6.45, 7) is 4.66. The van der Waals surface area contributed by atoms with Crippen molar-refractivity contribution >= 4 is 21.9 Å². The smallest absolute Gasteiger partial charge is 0.160 e. The summed E-state index contributed by atoms with van der Waals surface area (Å²) in [6, 6.07) is 51.1. The summed E-state index contributed by atoms with van der Waals surface area (Å²) >= 11 is 0. The van der Waals surface area contributed by atoms with Crippen LogP contribution in [0.5, 0.6) is 0 Å². The standard InChI is InChI=1S/C43H30N2O/c1-43(2)34-19-11-9-17-31(34)32-22-21-29(25-35(32)43)30-23-24-39-41(33-18-10-12-20-38(33)46-39)40(30)37-26-36(27-13-5-3-6-14-27)44-42(45-37)28-15-7-4-8-16-28/h3-26H,1-2H3. The molecule has 0 radical (unpaired) electrons. The van der Waals surface area contributed by atoms with E-state index in [1.165, 1.54) is 22.3 Å². The van der Waals surface area contributed by atoms with Gasteiger partial charge in [0, 0.05) is 32.9 Å². The summed E-state index contributed by atoms with van der Waals surface area (Å²) in [5.41, 5.74) is 14.0. The third-order valence-corrected chi connectivity index (χ3v) is 9.52. The van der Waals surface area contributed by atoms with E-state index in [0.29, 0.717) is 5.82 Å². The Morgan fingerprint density at radius 2 is 1.13 bits per heavy atom. The van der Waals surface area contributed by atoms with Gasteiger partial charge in [0.05, 0.1) is 11.4 Å². The van der Waals surface area contributed by atoms with Crippen LogP contribution in [0.15, 0.2) is 150 Å². The highest BCUT2D eigenvalue weighted by Crippen LogP contribution is 2.51. The van der Waals surface area contributed by atoms with E-state index in [1.54, 1.807) is 0 Å². The lowest BCUT2D eigenvalue weighted by atomic mass is 9.81. The highest BCUT2D eigenvalue weighted by Gasteiger charge is 2.35. The van der Waals surface area contributed by atoms with E-state index >= 15 is 0 Å². The molecule has 1 aliphatic carbocycles. The number of hydrogen-bond acceptors (Lipinski definition) is 3. The normalized spacial score (nSPS) is 13.2. The monoisotopic (exact) mass is 590 g/mol. The maximum Gasteiger partial charge on any atom is 0.160 e. The van der Waals surface area contributed by atoms with Crippen LogP contribution in [0.4, 0.5) is 0 Å². The van der Waals surface area contributed by atoms with Crippen molar-refractivity contribution in [3.63, 3.8) is 0 Å². The van der Waals surface area contributed by atoms with Crippen molar-refractivity contribution < 1.29 is 4.42 Å². The largest absolute Gasteiger partial charge is 0.456 e. The predicted molar refractivity (Wildman–Crippen MR) is 189 cm³/mol. The molecular formula is C43H30N2O. The van der Waals surface area contributed by atoms with Gasteiger partial charge in [-0.05, 0) is 63.7 Å². The van der Waals surface area contributed by atoms with Crippen LogP contribution in [0.3, 0.4) is 0 Å². The van der Waals surface area contributed by atoms with Crippen molar-refractivity contribution in [2.45, 2.75) is 19.3 Å². The van der Waals surface area contributed by atoms with E-state index in [4.69, 9.17) is 14.4 Å². The Kier molecular flexibility index (Phi) is 5.85. The van der Waals surface area contributed by atoms with Crippen LogP contribution in [-0.4, -0.2) is 9.97 Å². The van der Waals surface area contributed by atoms with Gasteiger partial charge in [-0.1, -0.05) is 129 Å². The molecule has 0 aliphatic heterocycles. The second kappa shape index (κ2) is 10.1. The van der Waals surface area contributed by atoms with Gasteiger partial charge in [0.15, 0.2) is 5.82 Å². The molecule has 1 aliphatic rings. The summed E-state index contributed by atoms with van der Waals surface area (Å²) in [7, 11) is 0. The fourth-order valence-corrected chi connectivity index (χ4v) is 7.24. The number of fused-ring (bicyclic) bond motifs is 6. The molecule has 2 aromatic heterocycles. The topological polar surface area (TPSA) is 38.9 Å². The van der Waals surface area contributed by atoms with E-state index in [2.05, 4.69) is 123 Å². The molecule has 46 heavy (non-hydrogen) atoms. The van der Waals surface area contributed by atoms with Gasteiger partial charge in [0.25, 0.3) is 0 Å². The molecule has 0 saturated carbocycles. The van der Waals surface area contributed by atoms with Crippen molar-refractivity contribution in [1.29, 1.82) is 0 Å². The number of nitrogens with zero attached hydrogens (tertiary/aromatic N) is 2. The van der Waals surface area contributed by atoms with Crippen LogP contribution < -0.4 is 0 Å². The second-order valence-electron chi connectivity index (χ2n) is 12.6. The third-order valence-electron chi connectivity index (χ3n) is 9.52. The Morgan fingerprint density at radius 1 is 0.478 bits per heavy atom. The molecule has 0 saturated heterocycles. The third kappa shape index (κ3) is 4.05. The first kappa shape index (κ1) is 26.6. The fourth-order valence-electron chi connectivity index (χ4n) is 7.24. The molecule has 218 valence electrons. The Hall–Kier alpha value is -5.80. The first-order chi connectivity index (χ1) is 22.6. The molecule has 0 N–H and O–H groups in total. The van der Waals surface area contributed by atoms with E-state index in [0.717, 1.165) is 61.1 Å². The Morgan fingerprint density at radius 3 is 1.96 bits per heavy atom. The Balaban J connectivity index is 1.36. The summed E-state index contributed by atoms with van der Waals surface area (Å²) in [5, 5.41) is 2.14. The van der Waals surface area contributed by atoms with Gasteiger partial charge in [-0.3, -0.25) is 0 Å². The Bertz CT molecular complexity index is 2380. The van der Waals surface area contributed by atoms with E-state index in [1.807, 2.05) is 36.4 Å². The quantitative estimate of drug-likeness (QED) is 0.205. The average Bonchev–Trinajstić information content (AvgIpc) is 3.60.